The first-order chi connectivity index (χ1) is 5.67. The molecule has 0 unspecified atom stereocenters. The van der Waals surface area contributed by atoms with Gasteiger partial charge in [0.2, 0.25) is 0 Å². The molecule has 0 fully saturated rings. The lowest BCUT2D eigenvalue weighted by Crippen LogP contribution is -2.44. The predicted molar refractivity (Wildman–Crippen MR) is 50.0 cm³/mol. The summed E-state index contributed by atoms with van der Waals surface area (Å²) < 4.78 is 11.4. The van der Waals surface area contributed by atoms with Crippen molar-refractivity contribution in [1.29, 1.82) is 0 Å². The molecule has 3 heteroatoms. The Morgan fingerprint density at radius 1 is 1.17 bits per heavy atom. The van der Waals surface area contributed by atoms with E-state index < -0.39 is 8.32 Å². The number of benzene rings is 1. The van der Waals surface area contributed by atoms with E-state index in [1.807, 2.05) is 24.3 Å². The van der Waals surface area contributed by atoms with E-state index in [9.17, 15) is 0 Å². The Bertz CT molecular complexity index is 296. The van der Waals surface area contributed by atoms with Gasteiger partial charge in [-0.05, 0) is 25.2 Å². The lowest BCUT2D eigenvalue weighted by atomic mass is 10.3. The Hall–Kier alpha value is -0.963. The van der Waals surface area contributed by atoms with Crippen LogP contribution in [-0.4, -0.2) is 14.5 Å². The number of fused-ring (bicyclic) bond motifs is 1. The van der Waals surface area contributed by atoms with Gasteiger partial charge < -0.3 is 9.16 Å². The number of para-hydroxylation sites is 2. The van der Waals surface area contributed by atoms with Crippen molar-refractivity contribution in [2.24, 2.45) is 0 Å². The SMILES string of the molecule is C[Si]1(C)COc2ccccc2O1. The van der Waals surface area contributed by atoms with Crippen molar-refractivity contribution in [3.05, 3.63) is 24.3 Å². The van der Waals surface area contributed by atoms with Crippen LogP contribution >= 0.6 is 0 Å². The Labute approximate surface area is 73.3 Å². The Kier molecular flexibility index (Phi) is 1.61. The number of hydrogen-bond acceptors (Lipinski definition) is 2. The van der Waals surface area contributed by atoms with Crippen LogP contribution in [0.4, 0.5) is 0 Å². The smallest absolute Gasteiger partial charge is 0.282 e. The first-order valence-corrected chi connectivity index (χ1v) is 7.20. The molecule has 1 aliphatic rings. The predicted octanol–water partition coefficient (Wildman–Crippen LogP) is 2.20. The van der Waals surface area contributed by atoms with Crippen LogP contribution in [0, 0.1) is 0 Å². The molecule has 2 nitrogen and oxygen atoms in total. The number of hydrogen-bond donors (Lipinski definition) is 0. The number of ether oxygens (including phenoxy) is 1. The lowest BCUT2D eigenvalue weighted by Gasteiger charge is -2.30. The summed E-state index contributed by atoms with van der Waals surface area (Å²) in [5, 5.41) is 0. The summed E-state index contributed by atoms with van der Waals surface area (Å²) in [5.41, 5.74) is 0. The average Bonchev–Trinajstić information content (AvgIpc) is 2.02. The molecular weight excluding hydrogens is 168 g/mol. The zero-order valence-corrected chi connectivity index (χ0v) is 8.33. The summed E-state index contributed by atoms with van der Waals surface area (Å²) in [6.07, 6.45) is 0.754. The minimum absolute atomic E-state index is 0.754. The molecule has 1 heterocycles. The molecule has 64 valence electrons. The van der Waals surface area contributed by atoms with Crippen molar-refractivity contribution in [1.82, 2.24) is 0 Å². The maximum Gasteiger partial charge on any atom is 0.282 e. The van der Waals surface area contributed by atoms with Crippen molar-refractivity contribution in [2.75, 3.05) is 6.23 Å². The molecule has 12 heavy (non-hydrogen) atoms. The zero-order chi connectivity index (χ0) is 8.60. The molecule has 0 saturated carbocycles. The van der Waals surface area contributed by atoms with E-state index in [1.54, 1.807) is 0 Å². The van der Waals surface area contributed by atoms with Crippen LogP contribution in [0.15, 0.2) is 24.3 Å². The molecule has 0 aromatic heterocycles. The van der Waals surface area contributed by atoms with Gasteiger partial charge in [0.25, 0.3) is 8.32 Å². The highest BCUT2D eigenvalue weighted by atomic mass is 28.4. The molecule has 0 aliphatic carbocycles. The van der Waals surface area contributed by atoms with Crippen molar-refractivity contribution in [2.45, 2.75) is 13.1 Å². The highest BCUT2D eigenvalue weighted by molar-refractivity contribution is 6.72. The summed E-state index contributed by atoms with van der Waals surface area (Å²) in [4.78, 5) is 0. The third-order valence-corrected chi connectivity index (χ3v) is 3.42. The van der Waals surface area contributed by atoms with Gasteiger partial charge in [-0.25, -0.2) is 0 Å². The second kappa shape index (κ2) is 2.52. The first-order valence-electron chi connectivity index (χ1n) is 4.08. The molecule has 1 aromatic carbocycles. The minimum atomic E-state index is -1.56. The standard InChI is InChI=1S/C9H12O2Si/c1-12(2)7-10-8-5-3-4-6-9(8)11-12/h3-6H,7H2,1-2H3. The maximum atomic E-state index is 5.83. The van der Waals surface area contributed by atoms with E-state index in [4.69, 9.17) is 9.16 Å². The van der Waals surface area contributed by atoms with Gasteiger partial charge in [-0.2, -0.15) is 0 Å². The summed E-state index contributed by atoms with van der Waals surface area (Å²) in [7, 11) is -1.56. The van der Waals surface area contributed by atoms with Gasteiger partial charge in [0, 0.05) is 0 Å². The third-order valence-electron chi connectivity index (χ3n) is 1.81. The molecule has 0 radical (unpaired) electrons. The largest absolute Gasteiger partial charge is 0.538 e. The Balaban J connectivity index is 2.35. The van der Waals surface area contributed by atoms with Crippen LogP contribution in [0.1, 0.15) is 0 Å². The summed E-state index contributed by atoms with van der Waals surface area (Å²) in [6.45, 7) is 4.31. The van der Waals surface area contributed by atoms with E-state index in [1.165, 1.54) is 0 Å². The molecule has 1 aliphatic heterocycles. The fourth-order valence-electron chi connectivity index (χ4n) is 1.23. The molecule has 0 atom stereocenters. The monoisotopic (exact) mass is 180 g/mol. The Morgan fingerprint density at radius 2 is 1.83 bits per heavy atom. The summed E-state index contributed by atoms with van der Waals surface area (Å²) in [6, 6.07) is 7.84. The van der Waals surface area contributed by atoms with E-state index in [-0.39, 0.29) is 0 Å². The van der Waals surface area contributed by atoms with Gasteiger partial charge in [-0.15, -0.1) is 0 Å². The lowest BCUT2D eigenvalue weighted by molar-refractivity contribution is 0.310. The second-order valence-electron chi connectivity index (χ2n) is 3.60. The molecule has 0 saturated heterocycles. The van der Waals surface area contributed by atoms with Gasteiger partial charge in [0.05, 0.1) is 0 Å². The van der Waals surface area contributed by atoms with Crippen LogP contribution in [0.25, 0.3) is 0 Å². The van der Waals surface area contributed by atoms with Crippen molar-refractivity contribution < 1.29 is 9.16 Å². The van der Waals surface area contributed by atoms with Gasteiger partial charge >= 0.3 is 0 Å². The molecule has 0 amide bonds. The molecular formula is C9H12O2Si. The van der Waals surface area contributed by atoms with Crippen LogP contribution < -0.4 is 9.16 Å². The van der Waals surface area contributed by atoms with Gasteiger partial charge in [0.15, 0.2) is 5.75 Å². The first kappa shape index (κ1) is 7.67. The molecule has 0 bridgehead atoms. The molecule has 2 rings (SSSR count). The average molecular weight is 180 g/mol. The number of rotatable bonds is 0. The summed E-state index contributed by atoms with van der Waals surface area (Å²) in [5.74, 6) is 1.78. The minimum Gasteiger partial charge on any atom is -0.538 e. The van der Waals surface area contributed by atoms with Gasteiger partial charge in [-0.1, -0.05) is 12.1 Å². The van der Waals surface area contributed by atoms with Gasteiger partial charge in [0.1, 0.15) is 12.0 Å². The molecule has 0 N–H and O–H groups in total. The van der Waals surface area contributed by atoms with E-state index in [0.29, 0.717) is 0 Å². The topological polar surface area (TPSA) is 18.5 Å². The summed E-state index contributed by atoms with van der Waals surface area (Å²) >= 11 is 0. The fourth-order valence-corrected chi connectivity index (χ4v) is 2.56. The van der Waals surface area contributed by atoms with Crippen LogP contribution in [0.5, 0.6) is 11.5 Å². The third kappa shape index (κ3) is 1.32. The van der Waals surface area contributed by atoms with Gasteiger partial charge in [-0.3, -0.25) is 0 Å². The van der Waals surface area contributed by atoms with Crippen LogP contribution in [0.2, 0.25) is 13.1 Å². The normalized spacial score (nSPS) is 18.8. The van der Waals surface area contributed by atoms with E-state index in [0.717, 1.165) is 17.7 Å². The Morgan fingerprint density at radius 3 is 2.58 bits per heavy atom. The van der Waals surface area contributed by atoms with Crippen molar-refractivity contribution in [3.63, 3.8) is 0 Å². The highest BCUT2D eigenvalue weighted by Crippen LogP contribution is 2.32. The van der Waals surface area contributed by atoms with Crippen LogP contribution in [0.3, 0.4) is 0 Å². The quantitative estimate of drug-likeness (QED) is 0.570. The molecule has 1 aromatic rings. The maximum absolute atomic E-state index is 5.83. The molecule has 0 spiro atoms. The second-order valence-corrected chi connectivity index (χ2v) is 7.61. The highest BCUT2D eigenvalue weighted by Gasteiger charge is 2.31. The van der Waals surface area contributed by atoms with Crippen LogP contribution in [-0.2, 0) is 0 Å². The van der Waals surface area contributed by atoms with E-state index in [2.05, 4.69) is 13.1 Å². The zero-order valence-electron chi connectivity index (χ0n) is 7.33. The van der Waals surface area contributed by atoms with Crippen molar-refractivity contribution in [3.8, 4) is 11.5 Å². The van der Waals surface area contributed by atoms with Crippen molar-refractivity contribution >= 4 is 8.32 Å². The fraction of sp³-hybridized carbons (Fsp3) is 0.333. The van der Waals surface area contributed by atoms with E-state index >= 15 is 0 Å².